The first-order valence-electron chi connectivity index (χ1n) is 7.55. The van der Waals surface area contributed by atoms with Gasteiger partial charge < -0.3 is 5.32 Å². The highest BCUT2D eigenvalue weighted by molar-refractivity contribution is 9.10. The fraction of sp³-hybridized carbons (Fsp3) is 0.733. The van der Waals surface area contributed by atoms with Gasteiger partial charge in [-0.2, -0.15) is 5.10 Å². The predicted molar refractivity (Wildman–Crippen MR) is 89.5 cm³/mol. The largest absolute Gasteiger partial charge is 0.347 e. The summed E-state index contributed by atoms with van der Waals surface area (Å²) in [6.45, 7) is 14.2. The number of nitrogens with zero attached hydrogens (tertiary/aromatic N) is 3. The third-order valence-electron chi connectivity index (χ3n) is 3.50. The van der Waals surface area contributed by atoms with E-state index >= 15 is 0 Å². The average molecular weight is 359 g/mol. The summed E-state index contributed by atoms with van der Waals surface area (Å²) < 4.78 is 2.44. The number of hydrogen-bond donors (Lipinski definition) is 1. The Morgan fingerprint density at radius 2 is 1.90 bits per heavy atom. The number of carbonyl (C=O) groups is 1. The van der Waals surface area contributed by atoms with E-state index in [1.165, 1.54) is 0 Å². The standard InChI is InChI=1S/C15H27BrN4O/c1-7-20-14(13(16)8-17-20)15(21)18-12(6)9-19(10(2)3)11(4)5/h8,10-12H,7,9H2,1-6H3,(H,18,21). The van der Waals surface area contributed by atoms with Gasteiger partial charge in [-0.25, -0.2) is 0 Å². The minimum Gasteiger partial charge on any atom is -0.347 e. The van der Waals surface area contributed by atoms with E-state index in [9.17, 15) is 4.79 Å². The topological polar surface area (TPSA) is 50.2 Å². The van der Waals surface area contributed by atoms with Crippen molar-refractivity contribution in [3.8, 4) is 0 Å². The van der Waals surface area contributed by atoms with Crippen LogP contribution >= 0.6 is 15.9 Å². The fourth-order valence-electron chi connectivity index (χ4n) is 2.50. The van der Waals surface area contributed by atoms with Crippen molar-refractivity contribution in [1.29, 1.82) is 0 Å². The molecule has 1 rings (SSSR count). The minimum atomic E-state index is -0.0822. The summed E-state index contributed by atoms with van der Waals surface area (Å²) in [4.78, 5) is 14.8. The molecule has 0 spiro atoms. The highest BCUT2D eigenvalue weighted by atomic mass is 79.9. The van der Waals surface area contributed by atoms with E-state index in [-0.39, 0.29) is 11.9 Å². The van der Waals surface area contributed by atoms with Crippen LogP contribution in [0.15, 0.2) is 10.7 Å². The molecule has 0 saturated carbocycles. The lowest BCUT2D eigenvalue weighted by Crippen LogP contribution is -2.47. The second kappa shape index (κ2) is 7.94. The molecule has 1 aromatic heterocycles. The Bertz CT molecular complexity index is 462. The van der Waals surface area contributed by atoms with Crippen molar-refractivity contribution in [1.82, 2.24) is 20.0 Å². The number of halogens is 1. The van der Waals surface area contributed by atoms with Crippen LogP contribution in [0.4, 0.5) is 0 Å². The van der Waals surface area contributed by atoms with Crippen molar-refractivity contribution in [2.24, 2.45) is 0 Å². The Kier molecular flexibility index (Phi) is 6.87. The molecule has 1 aromatic rings. The first-order chi connectivity index (χ1) is 9.77. The van der Waals surface area contributed by atoms with Crippen molar-refractivity contribution < 1.29 is 4.79 Å². The predicted octanol–water partition coefficient (Wildman–Crippen LogP) is 2.90. The van der Waals surface area contributed by atoms with E-state index in [1.54, 1.807) is 10.9 Å². The van der Waals surface area contributed by atoms with E-state index in [0.717, 1.165) is 11.0 Å². The molecule has 120 valence electrons. The molecule has 1 atom stereocenters. The van der Waals surface area contributed by atoms with E-state index in [0.29, 0.717) is 24.3 Å². The van der Waals surface area contributed by atoms with Gasteiger partial charge in [-0.3, -0.25) is 14.4 Å². The molecule has 0 aliphatic carbocycles. The first-order valence-corrected chi connectivity index (χ1v) is 8.35. The summed E-state index contributed by atoms with van der Waals surface area (Å²) >= 11 is 3.39. The quantitative estimate of drug-likeness (QED) is 0.815. The average Bonchev–Trinajstić information content (AvgIpc) is 2.76. The molecule has 1 amide bonds. The Balaban J connectivity index is 2.72. The first kappa shape index (κ1) is 18.2. The zero-order valence-corrected chi connectivity index (χ0v) is 15.4. The number of carbonyl (C=O) groups excluding carboxylic acids is 1. The van der Waals surface area contributed by atoms with Gasteiger partial charge in [0.25, 0.3) is 5.91 Å². The second-order valence-electron chi connectivity index (χ2n) is 5.92. The Labute approximate surface area is 136 Å². The van der Waals surface area contributed by atoms with Gasteiger partial charge in [0.2, 0.25) is 0 Å². The third-order valence-corrected chi connectivity index (χ3v) is 4.08. The Morgan fingerprint density at radius 3 is 2.38 bits per heavy atom. The maximum atomic E-state index is 12.4. The third kappa shape index (κ3) is 4.81. The van der Waals surface area contributed by atoms with Crippen LogP contribution in [-0.2, 0) is 6.54 Å². The van der Waals surface area contributed by atoms with Crippen molar-refractivity contribution in [2.45, 2.75) is 66.2 Å². The summed E-state index contributed by atoms with van der Waals surface area (Å²) in [6, 6.07) is 0.990. The molecule has 21 heavy (non-hydrogen) atoms. The minimum absolute atomic E-state index is 0.0782. The molecule has 6 heteroatoms. The van der Waals surface area contributed by atoms with Crippen LogP contribution in [0.1, 0.15) is 52.0 Å². The summed E-state index contributed by atoms with van der Waals surface area (Å²) in [6.07, 6.45) is 1.66. The van der Waals surface area contributed by atoms with Gasteiger partial charge in [0, 0.05) is 31.2 Å². The zero-order valence-electron chi connectivity index (χ0n) is 13.9. The molecule has 1 unspecified atom stereocenters. The summed E-state index contributed by atoms with van der Waals surface area (Å²) in [7, 11) is 0. The van der Waals surface area contributed by atoms with Crippen LogP contribution in [0.3, 0.4) is 0 Å². The molecule has 0 aliphatic heterocycles. The summed E-state index contributed by atoms with van der Waals surface area (Å²) in [5.41, 5.74) is 0.588. The second-order valence-corrected chi connectivity index (χ2v) is 6.77. The maximum absolute atomic E-state index is 12.4. The highest BCUT2D eigenvalue weighted by Gasteiger charge is 2.21. The molecular formula is C15H27BrN4O. The van der Waals surface area contributed by atoms with Crippen LogP contribution in [0.5, 0.6) is 0 Å². The smallest absolute Gasteiger partial charge is 0.270 e. The van der Waals surface area contributed by atoms with E-state index in [4.69, 9.17) is 0 Å². The van der Waals surface area contributed by atoms with E-state index in [1.807, 2.05) is 13.8 Å². The molecule has 5 nitrogen and oxygen atoms in total. The van der Waals surface area contributed by atoms with Crippen molar-refractivity contribution in [3.63, 3.8) is 0 Å². The van der Waals surface area contributed by atoms with Crippen LogP contribution in [0.25, 0.3) is 0 Å². The normalized spacial score (nSPS) is 13.2. The number of aryl methyl sites for hydroxylation is 1. The van der Waals surface area contributed by atoms with Gasteiger partial charge in [-0.05, 0) is 57.5 Å². The van der Waals surface area contributed by atoms with Crippen molar-refractivity contribution in [2.75, 3.05) is 6.54 Å². The molecule has 0 bridgehead atoms. The van der Waals surface area contributed by atoms with Gasteiger partial charge in [-0.1, -0.05) is 0 Å². The Hall–Kier alpha value is -0.880. The van der Waals surface area contributed by atoms with Gasteiger partial charge in [0.15, 0.2) is 0 Å². The number of hydrogen-bond acceptors (Lipinski definition) is 3. The van der Waals surface area contributed by atoms with Crippen LogP contribution in [-0.4, -0.2) is 45.3 Å². The van der Waals surface area contributed by atoms with Crippen molar-refractivity contribution >= 4 is 21.8 Å². The van der Waals surface area contributed by atoms with Gasteiger partial charge in [0.05, 0.1) is 10.7 Å². The summed E-state index contributed by atoms with van der Waals surface area (Å²) in [5, 5.41) is 7.25. The lowest BCUT2D eigenvalue weighted by Gasteiger charge is -2.33. The van der Waals surface area contributed by atoms with Crippen LogP contribution in [0.2, 0.25) is 0 Å². The SMILES string of the molecule is CCn1ncc(Br)c1C(=O)NC(C)CN(C(C)C)C(C)C. The number of amides is 1. The van der Waals surface area contributed by atoms with Crippen LogP contribution in [0, 0.1) is 0 Å². The lowest BCUT2D eigenvalue weighted by atomic mass is 10.2. The molecule has 0 aliphatic rings. The number of aromatic nitrogens is 2. The summed E-state index contributed by atoms with van der Waals surface area (Å²) in [5.74, 6) is -0.0822. The number of nitrogens with one attached hydrogen (secondary N) is 1. The monoisotopic (exact) mass is 358 g/mol. The molecule has 1 N–H and O–H groups in total. The van der Waals surface area contributed by atoms with Gasteiger partial charge in [-0.15, -0.1) is 0 Å². The van der Waals surface area contributed by atoms with Gasteiger partial charge in [0.1, 0.15) is 5.69 Å². The zero-order chi connectivity index (χ0) is 16.2. The Morgan fingerprint density at radius 1 is 1.33 bits per heavy atom. The van der Waals surface area contributed by atoms with Crippen molar-refractivity contribution in [3.05, 3.63) is 16.4 Å². The fourth-order valence-corrected chi connectivity index (χ4v) is 2.98. The molecule has 0 fully saturated rings. The van der Waals surface area contributed by atoms with E-state index in [2.05, 4.69) is 58.9 Å². The van der Waals surface area contributed by atoms with Gasteiger partial charge >= 0.3 is 0 Å². The molecule has 0 saturated heterocycles. The molecule has 0 radical (unpaired) electrons. The molecule has 0 aromatic carbocycles. The maximum Gasteiger partial charge on any atom is 0.270 e. The van der Waals surface area contributed by atoms with E-state index < -0.39 is 0 Å². The molecular weight excluding hydrogens is 332 g/mol. The molecule has 1 heterocycles. The van der Waals surface area contributed by atoms with Crippen LogP contribution < -0.4 is 5.32 Å². The highest BCUT2D eigenvalue weighted by Crippen LogP contribution is 2.16. The number of rotatable bonds is 7. The lowest BCUT2D eigenvalue weighted by molar-refractivity contribution is 0.0900.